The highest BCUT2D eigenvalue weighted by atomic mass is 16.1. The molecule has 0 spiro atoms. The van der Waals surface area contributed by atoms with Crippen LogP contribution in [0.5, 0.6) is 0 Å². The van der Waals surface area contributed by atoms with E-state index in [1.165, 1.54) is 5.56 Å². The molecule has 0 radical (unpaired) electrons. The second-order valence-corrected chi connectivity index (χ2v) is 6.05. The summed E-state index contributed by atoms with van der Waals surface area (Å²) in [5, 5.41) is 3.06. The quantitative estimate of drug-likeness (QED) is 0.941. The van der Waals surface area contributed by atoms with Gasteiger partial charge in [-0.05, 0) is 25.3 Å². The molecule has 23 heavy (non-hydrogen) atoms. The van der Waals surface area contributed by atoms with E-state index in [1.54, 1.807) is 18.6 Å². The summed E-state index contributed by atoms with van der Waals surface area (Å²) in [4.78, 5) is 23.0. The molecule has 0 saturated carbocycles. The van der Waals surface area contributed by atoms with Gasteiger partial charge in [0.1, 0.15) is 5.82 Å². The average molecular weight is 310 g/mol. The van der Waals surface area contributed by atoms with Crippen molar-refractivity contribution in [1.82, 2.24) is 15.3 Å². The minimum Gasteiger partial charge on any atom is -0.355 e. The van der Waals surface area contributed by atoms with Gasteiger partial charge in [-0.15, -0.1) is 0 Å². The molecular formula is C18H22N4O. The second kappa shape index (κ2) is 7.22. The number of nitrogens with zero attached hydrogens (tertiary/aromatic N) is 3. The van der Waals surface area contributed by atoms with Gasteiger partial charge in [-0.25, -0.2) is 4.98 Å². The van der Waals surface area contributed by atoms with Gasteiger partial charge in [-0.2, -0.15) is 0 Å². The monoisotopic (exact) mass is 310 g/mol. The summed E-state index contributed by atoms with van der Waals surface area (Å²) in [7, 11) is 0. The van der Waals surface area contributed by atoms with E-state index in [-0.39, 0.29) is 11.8 Å². The summed E-state index contributed by atoms with van der Waals surface area (Å²) < 4.78 is 0. The Morgan fingerprint density at radius 2 is 2.13 bits per heavy atom. The zero-order chi connectivity index (χ0) is 16.1. The molecule has 0 unspecified atom stereocenters. The zero-order valence-corrected chi connectivity index (χ0v) is 13.4. The first kappa shape index (κ1) is 15.5. The number of carbonyl (C=O) groups excluding carboxylic acids is 1. The third-order valence-corrected chi connectivity index (χ3v) is 4.25. The maximum Gasteiger partial charge on any atom is 0.225 e. The van der Waals surface area contributed by atoms with Crippen LogP contribution in [-0.4, -0.2) is 29.0 Å². The van der Waals surface area contributed by atoms with Crippen LogP contribution in [0.3, 0.4) is 0 Å². The molecule has 1 aromatic carbocycles. The molecular weight excluding hydrogens is 288 g/mol. The van der Waals surface area contributed by atoms with Gasteiger partial charge in [0.15, 0.2) is 0 Å². The van der Waals surface area contributed by atoms with Crippen molar-refractivity contribution in [1.29, 1.82) is 0 Å². The van der Waals surface area contributed by atoms with E-state index in [1.807, 2.05) is 0 Å². The van der Waals surface area contributed by atoms with Crippen LogP contribution in [0.1, 0.15) is 24.0 Å². The molecule has 1 aliphatic heterocycles. The normalized spacial score (nSPS) is 17.8. The number of benzene rings is 1. The third kappa shape index (κ3) is 4.06. The Bertz CT molecular complexity index is 642. The molecule has 3 rings (SSSR count). The van der Waals surface area contributed by atoms with Crippen molar-refractivity contribution in [3.05, 3.63) is 54.0 Å². The number of aryl methyl sites for hydroxylation is 1. The van der Waals surface area contributed by atoms with Gasteiger partial charge in [-0.1, -0.05) is 29.8 Å². The molecule has 1 aromatic heterocycles. The van der Waals surface area contributed by atoms with Crippen LogP contribution in [0.15, 0.2) is 42.9 Å². The van der Waals surface area contributed by atoms with Gasteiger partial charge < -0.3 is 10.2 Å². The van der Waals surface area contributed by atoms with Gasteiger partial charge in [-0.3, -0.25) is 9.78 Å². The summed E-state index contributed by atoms with van der Waals surface area (Å²) >= 11 is 0. The molecule has 1 aliphatic rings. The van der Waals surface area contributed by atoms with E-state index in [9.17, 15) is 4.79 Å². The minimum atomic E-state index is 0.0104. The largest absolute Gasteiger partial charge is 0.355 e. The fourth-order valence-corrected chi connectivity index (χ4v) is 2.89. The third-order valence-electron chi connectivity index (χ3n) is 4.25. The number of hydrogen-bond acceptors (Lipinski definition) is 4. The Morgan fingerprint density at radius 1 is 1.30 bits per heavy atom. The highest BCUT2D eigenvalue weighted by molar-refractivity contribution is 5.79. The smallest absolute Gasteiger partial charge is 0.225 e. The number of hydrogen-bond donors (Lipinski definition) is 1. The zero-order valence-electron chi connectivity index (χ0n) is 13.4. The van der Waals surface area contributed by atoms with Crippen molar-refractivity contribution in [3.8, 4) is 0 Å². The summed E-state index contributed by atoms with van der Waals surface area (Å²) in [6.07, 6.45) is 7.04. The molecule has 1 fully saturated rings. The van der Waals surface area contributed by atoms with E-state index in [2.05, 4.69) is 51.4 Å². The van der Waals surface area contributed by atoms with Gasteiger partial charge >= 0.3 is 0 Å². The van der Waals surface area contributed by atoms with Gasteiger partial charge in [0, 0.05) is 32.0 Å². The lowest BCUT2D eigenvalue weighted by molar-refractivity contribution is -0.125. The van der Waals surface area contributed by atoms with Gasteiger partial charge in [0.2, 0.25) is 5.91 Å². The predicted molar refractivity (Wildman–Crippen MR) is 90.0 cm³/mol. The molecule has 5 heteroatoms. The van der Waals surface area contributed by atoms with Crippen LogP contribution >= 0.6 is 0 Å². The predicted octanol–water partition coefficient (Wildman–Crippen LogP) is 2.32. The van der Waals surface area contributed by atoms with Crippen LogP contribution in [0.4, 0.5) is 5.82 Å². The number of aromatic nitrogens is 2. The average Bonchev–Trinajstić information content (AvgIpc) is 2.62. The number of piperidine rings is 1. The summed E-state index contributed by atoms with van der Waals surface area (Å²) in [5.74, 6) is 0.985. The maximum absolute atomic E-state index is 12.4. The molecule has 0 aliphatic carbocycles. The van der Waals surface area contributed by atoms with Crippen molar-refractivity contribution in [2.24, 2.45) is 5.92 Å². The van der Waals surface area contributed by atoms with E-state index in [4.69, 9.17) is 0 Å². The van der Waals surface area contributed by atoms with Crippen LogP contribution in [0.2, 0.25) is 0 Å². The van der Waals surface area contributed by atoms with Crippen LogP contribution in [-0.2, 0) is 11.3 Å². The Hall–Kier alpha value is -2.43. The van der Waals surface area contributed by atoms with Crippen molar-refractivity contribution in [2.45, 2.75) is 26.3 Å². The standard InChI is InChI=1S/C18H22N4O/c1-14-4-6-15(7-5-14)11-21-18(23)16-3-2-10-22(13-16)17-12-19-8-9-20-17/h4-9,12,16H,2-3,10-11,13H2,1H3,(H,21,23)/t16-/m1/s1. The number of rotatable bonds is 4. The number of anilines is 1. The number of nitrogens with one attached hydrogen (secondary N) is 1. The SMILES string of the molecule is Cc1ccc(CNC(=O)[C@@H]2CCCN(c3cnccn3)C2)cc1. The fourth-order valence-electron chi connectivity index (χ4n) is 2.89. The second-order valence-electron chi connectivity index (χ2n) is 6.05. The first-order chi connectivity index (χ1) is 11.2. The fraction of sp³-hybridized carbons (Fsp3) is 0.389. The lowest BCUT2D eigenvalue weighted by Crippen LogP contribution is -2.43. The molecule has 1 atom stereocenters. The highest BCUT2D eigenvalue weighted by Crippen LogP contribution is 2.21. The molecule has 120 valence electrons. The lowest BCUT2D eigenvalue weighted by atomic mass is 9.97. The van der Waals surface area contributed by atoms with E-state index >= 15 is 0 Å². The van der Waals surface area contributed by atoms with E-state index in [0.29, 0.717) is 13.1 Å². The van der Waals surface area contributed by atoms with Gasteiger partial charge in [0.05, 0.1) is 12.1 Å². The van der Waals surface area contributed by atoms with E-state index in [0.717, 1.165) is 30.8 Å². The highest BCUT2D eigenvalue weighted by Gasteiger charge is 2.26. The molecule has 2 aromatic rings. The van der Waals surface area contributed by atoms with Crippen molar-refractivity contribution in [3.63, 3.8) is 0 Å². The number of carbonyl (C=O) groups is 1. The molecule has 5 nitrogen and oxygen atoms in total. The Balaban J connectivity index is 1.55. The van der Waals surface area contributed by atoms with Crippen molar-refractivity contribution in [2.75, 3.05) is 18.0 Å². The maximum atomic E-state index is 12.4. The molecule has 1 N–H and O–H groups in total. The topological polar surface area (TPSA) is 58.1 Å². The van der Waals surface area contributed by atoms with Crippen molar-refractivity contribution < 1.29 is 4.79 Å². The first-order valence-corrected chi connectivity index (χ1v) is 8.06. The lowest BCUT2D eigenvalue weighted by Gasteiger charge is -2.32. The van der Waals surface area contributed by atoms with Crippen LogP contribution in [0.25, 0.3) is 0 Å². The minimum absolute atomic E-state index is 0.0104. The van der Waals surface area contributed by atoms with Crippen LogP contribution < -0.4 is 10.2 Å². The Labute approximate surface area is 136 Å². The van der Waals surface area contributed by atoms with Crippen molar-refractivity contribution >= 4 is 11.7 Å². The first-order valence-electron chi connectivity index (χ1n) is 8.06. The number of amides is 1. The van der Waals surface area contributed by atoms with Crippen LogP contribution in [0, 0.1) is 12.8 Å². The summed E-state index contributed by atoms with van der Waals surface area (Å²) in [6.45, 7) is 4.28. The molecule has 1 amide bonds. The molecule has 2 heterocycles. The molecule has 0 bridgehead atoms. The molecule has 1 saturated heterocycles. The van der Waals surface area contributed by atoms with Gasteiger partial charge in [0.25, 0.3) is 0 Å². The Kier molecular flexibility index (Phi) is 4.86. The summed E-state index contributed by atoms with van der Waals surface area (Å²) in [5.41, 5.74) is 2.36. The summed E-state index contributed by atoms with van der Waals surface area (Å²) in [6, 6.07) is 8.25. The Morgan fingerprint density at radius 3 is 2.87 bits per heavy atom. The van der Waals surface area contributed by atoms with E-state index < -0.39 is 0 Å².